The molecular weight excluding hydrogens is 298 g/mol. The van der Waals surface area contributed by atoms with Crippen molar-refractivity contribution >= 4 is 16.4 Å². The molecule has 5 heteroatoms. The normalized spacial score (nSPS) is 14.2. The second-order valence-corrected chi connectivity index (χ2v) is 5.83. The first kappa shape index (κ1) is 16.1. The van der Waals surface area contributed by atoms with E-state index in [1.54, 1.807) is 0 Å². The van der Waals surface area contributed by atoms with Crippen LogP contribution in [0, 0.1) is 6.92 Å². The van der Waals surface area contributed by atoms with Crippen molar-refractivity contribution in [2.75, 3.05) is 0 Å². The molecule has 114 valence electrons. The van der Waals surface area contributed by atoms with E-state index in [2.05, 4.69) is 4.36 Å². The molecule has 3 rings (SSSR count). The van der Waals surface area contributed by atoms with E-state index in [4.69, 9.17) is 0 Å². The van der Waals surface area contributed by atoms with E-state index in [-0.39, 0.29) is 0 Å². The Bertz CT molecular complexity index is 727. The summed E-state index contributed by atoms with van der Waals surface area (Å²) in [5.41, 5.74) is 1.29. The Kier molecular flexibility index (Phi) is 5.22. The van der Waals surface area contributed by atoms with Crippen LogP contribution in [0.2, 0.25) is 0 Å². The average Bonchev–Trinajstić information content (AvgIpc) is 3.31. The molecule has 0 heterocycles. The van der Waals surface area contributed by atoms with Gasteiger partial charge in [-0.2, -0.15) is 8.42 Å². The predicted molar refractivity (Wildman–Crippen MR) is 84.9 cm³/mol. The van der Waals surface area contributed by atoms with Gasteiger partial charge >= 0.3 is 10.5 Å². The second kappa shape index (κ2) is 7.13. The molecule has 1 aliphatic rings. The van der Waals surface area contributed by atoms with Crippen molar-refractivity contribution in [3.05, 3.63) is 71.8 Å². The molecular formula is C17H17NO3S. The molecule has 2 aromatic carbocycles. The molecule has 0 aliphatic heterocycles. The van der Waals surface area contributed by atoms with Gasteiger partial charge in [0.15, 0.2) is 0 Å². The third-order valence-corrected chi connectivity index (χ3v) is 3.90. The molecule has 0 bridgehead atoms. The Morgan fingerprint density at radius 2 is 1.41 bits per heavy atom. The molecule has 1 amide bonds. The van der Waals surface area contributed by atoms with Gasteiger partial charge in [0.25, 0.3) is 5.91 Å². The lowest BCUT2D eigenvalue weighted by Crippen LogP contribution is -2.17. The first-order chi connectivity index (χ1) is 10.5. The second-order valence-electron chi connectivity index (χ2n) is 5.22. The number of aryl methyl sites for hydroxylation is 1. The van der Waals surface area contributed by atoms with Crippen molar-refractivity contribution in [3.8, 4) is 0 Å². The summed E-state index contributed by atoms with van der Waals surface area (Å²) < 4.78 is 23.9. The maximum Gasteiger partial charge on any atom is 0.319 e. The fourth-order valence-corrected chi connectivity index (χ4v) is 2.47. The number of hydrogen-bond acceptors (Lipinski definition) is 3. The van der Waals surface area contributed by atoms with Gasteiger partial charge in [0.2, 0.25) is 0 Å². The minimum Gasteiger partial charge on any atom is -0.270 e. The summed E-state index contributed by atoms with van der Waals surface area (Å²) in [6.45, 7) is 1.96. The number of hydrogen-bond donors (Lipinski definition) is 0. The number of nitrogens with zero attached hydrogens (tertiary/aromatic N) is 1. The maximum atomic E-state index is 11.7. The van der Waals surface area contributed by atoms with Crippen LogP contribution in [0.25, 0.3) is 0 Å². The lowest BCUT2D eigenvalue weighted by Gasteiger charge is -2.09. The lowest BCUT2D eigenvalue weighted by atomic mass is 9.95. The number of carbonyl (C=O) groups is 1. The quantitative estimate of drug-likeness (QED) is 0.854. The van der Waals surface area contributed by atoms with Crippen molar-refractivity contribution in [1.29, 1.82) is 0 Å². The number of carbonyl (C=O) groups excluding carboxylic acids is 1. The smallest absolute Gasteiger partial charge is 0.270 e. The molecule has 1 aliphatic carbocycles. The highest BCUT2D eigenvalue weighted by molar-refractivity contribution is 7.62. The summed E-state index contributed by atoms with van der Waals surface area (Å²) in [6.07, 6.45) is 1.35. The highest BCUT2D eigenvalue weighted by Gasteiger charge is 2.51. The highest BCUT2D eigenvalue weighted by Crippen LogP contribution is 2.49. The first-order valence-corrected chi connectivity index (χ1v) is 8.00. The zero-order chi connectivity index (χ0) is 16.0. The zero-order valence-electron chi connectivity index (χ0n) is 12.3. The third-order valence-electron chi connectivity index (χ3n) is 3.59. The van der Waals surface area contributed by atoms with Crippen molar-refractivity contribution in [2.24, 2.45) is 4.36 Å². The molecule has 22 heavy (non-hydrogen) atoms. The summed E-state index contributed by atoms with van der Waals surface area (Å²) >= 11 is 0. The molecule has 0 atom stereocenters. The lowest BCUT2D eigenvalue weighted by molar-refractivity contribution is -0.120. The maximum absolute atomic E-state index is 11.7. The summed E-state index contributed by atoms with van der Waals surface area (Å²) in [6, 6.07) is 19.6. The molecule has 1 saturated carbocycles. The molecule has 0 spiro atoms. The van der Waals surface area contributed by atoms with E-state index in [1.807, 2.05) is 67.6 Å². The van der Waals surface area contributed by atoms with E-state index in [0.717, 1.165) is 11.1 Å². The van der Waals surface area contributed by atoms with Crippen LogP contribution in [0.4, 0.5) is 0 Å². The minimum atomic E-state index is -2.65. The summed E-state index contributed by atoms with van der Waals surface area (Å²) in [4.78, 5) is 11.7. The summed E-state index contributed by atoms with van der Waals surface area (Å²) in [5, 5.41) is 0. The van der Waals surface area contributed by atoms with E-state index >= 15 is 0 Å². The predicted octanol–water partition coefficient (Wildman–Crippen LogP) is 3.30. The van der Waals surface area contributed by atoms with Crippen molar-refractivity contribution in [3.63, 3.8) is 0 Å². The Morgan fingerprint density at radius 1 is 0.955 bits per heavy atom. The Labute approximate surface area is 131 Å². The first-order valence-electron chi connectivity index (χ1n) is 6.97. The van der Waals surface area contributed by atoms with Gasteiger partial charge < -0.3 is 0 Å². The van der Waals surface area contributed by atoms with Gasteiger partial charge in [0, 0.05) is 0 Å². The standard InChI is InChI=1S/C11H11NO3S.C6H6/c1-8-2-4-9(5-3-8)11(6-7-11)10(13)12-16(14)15;1-2-4-6-5-3-1/h2-5H,6-7H2,1H3;1-6H. The monoisotopic (exact) mass is 315 g/mol. The van der Waals surface area contributed by atoms with Crippen LogP contribution in [0.3, 0.4) is 0 Å². The summed E-state index contributed by atoms with van der Waals surface area (Å²) in [5.74, 6) is -0.551. The zero-order valence-corrected chi connectivity index (χ0v) is 13.1. The molecule has 1 fully saturated rings. The van der Waals surface area contributed by atoms with Gasteiger partial charge in [-0.05, 0) is 25.3 Å². The molecule has 2 aromatic rings. The van der Waals surface area contributed by atoms with Gasteiger partial charge in [0.1, 0.15) is 0 Å². The molecule has 0 unspecified atom stereocenters. The van der Waals surface area contributed by atoms with Crippen molar-refractivity contribution < 1.29 is 13.2 Å². The van der Waals surface area contributed by atoms with Crippen LogP contribution < -0.4 is 0 Å². The topological polar surface area (TPSA) is 63.6 Å². The van der Waals surface area contributed by atoms with E-state index in [0.29, 0.717) is 12.8 Å². The molecule has 0 aromatic heterocycles. The van der Waals surface area contributed by atoms with Crippen molar-refractivity contribution in [2.45, 2.75) is 25.2 Å². The molecule has 0 saturated heterocycles. The van der Waals surface area contributed by atoms with E-state index < -0.39 is 21.8 Å². The van der Waals surface area contributed by atoms with Crippen LogP contribution in [0.5, 0.6) is 0 Å². The van der Waals surface area contributed by atoms with E-state index in [1.165, 1.54) is 0 Å². The number of amides is 1. The summed E-state index contributed by atoms with van der Waals surface area (Å²) in [7, 11) is -2.65. The van der Waals surface area contributed by atoms with Crippen molar-refractivity contribution in [1.82, 2.24) is 0 Å². The van der Waals surface area contributed by atoms with Gasteiger partial charge in [0.05, 0.1) is 5.41 Å². The minimum absolute atomic E-state index is 0.551. The van der Waals surface area contributed by atoms with Crippen LogP contribution in [0.15, 0.2) is 65.0 Å². The SMILES string of the molecule is Cc1ccc(C2(C(=O)N=S(=O)=O)CC2)cc1.c1ccccc1. The van der Waals surface area contributed by atoms with Crippen LogP contribution in [-0.4, -0.2) is 14.3 Å². The average molecular weight is 315 g/mol. The van der Waals surface area contributed by atoms with Crippen LogP contribution in [-0.2, 0) is 20.7 Å². The number of rotatable bonds is 2. The molecule has 0 N–H and O–H groups in total. The Balaban J connectivity index is 0.000000246. The fourth-order valence-electron chi connectivity index (χ4n) is 2.16. The Hall–Kier alpha value is -2.27. The van der Waals surface area contributed by atoms with Gasteiger partial charge in [-0.25, -0.2) is 0 Å². The van der Waals surface area contributed by atoms with Crippen LogP contribution >= 0.6 is 0 Å². The van der Waals surface area contributed by atoms with Gasteiger partial charge in [-0.3, -0.25) is 4.79 Å². The highest BCUT2D eigenvalue weighted by atomic mass is 32.2. The third kappa shape index (κ3) is 4.11. The fraction of sp³-hybridized carbons (Fsp3) is 0.235. The largest absolute Gasteiger partial charge is 0.319 e. The van der Waals surface area contributed by atoms with Gasteiger partial charge in [-0.1, -0.05) is 70.6 Å². The van der Waals surface area contributed by atoms with Gasteiger partial charge in [-0.15, -0.1) is 0 Å². The molecule has 0 radical (unpaired) electrons. The number of benzene rings is 2. The molecule has 4 nitrogen and oxygen atoms in total. The van der Waals surface area contributed by atoms with Crippen LogP contribution in [0.1, 0.15) is 24.0 Å². The Morgan fingerprint density at radius 3 is 1.77 bits per heavy atom. The van der Waals surface area contributed by atoms with E-state index in [9.17, 15) is 13.2 Å².